The maximum Gasteiger partial charge on any atom is 0.314 e. The lowest BCUT2D eigenvalue weighted by Crippen LogP contribution is -2.43. The molecule has 0 unspecified atom stereocenters. The van der Waals surface area contributed by atoms with E-state index in [0.29, 0.717) is 25.9 Å². The number of amides is 3. The molecule has 0 aliphatic heterocycles. The summed E-state index contributed by atoms with van der Waals surface area (Å²) in [6, 6.07) is -0.414. The van der Waals surface area contributed by atoms with Crippen LogP contribution in [0.4, 0.5) is 4.79 Å². The van der Waals surface area contributed by atoms with E-state index in [1.165, 1.54) is 6.92 Å². The summed E-state index contributed by atoms with van der Waals surface area (Å²) < 4.78 is 0. The molecule has 1 fully saturated rings. The number of hydrogen-bond donors (Lipinski definition) is 4. The van der Waals surface area contributed by atoms with E-state index < -0.39 is 17.4 Å². The predicted molar refractivity (Wildman–Crippen MR) is 59.4 cm³/mol. The Balaban J connectivity index is 2.10. The van der Waals surface area contributed by atoms with E-state index in [1.54, 1.807) is 0 Å². The third-order valence-electron chi connectivity index (χ3n) is 2.68. The van der Waals surface area contributed by atoms with Crippen molar-refractivity contribution < 1.29 is 19.5 Å². The highest BCUT2D eigenvalue weighted by Crippen LogP contribution is 2.45. The quantitative estimate of drug-likeness (QED) is 0.462. The Morgan fingerprint density at radius 2 is 1.71 bits per heavy atom. The van der Waals surface area contributed by atoms with Crippen molar-refractivity contribution in [1.82, 2.24) is 16.0 Å². The highest BCUT2D eigenvalue weighted by atomic mass is 16.4. The summed E-state index contributed by atoms with van der Waals surface area (Å²) >= 11 is 0. The number of carbonyl (C=O) groups is 3. The van der Waals surface area contributed by atoms with Crippen molar-refractivity contribution in [1.29, 1.82) is 0 Å². The number of carbonyl (C=O) groups excluding carboxylic acids is 2. The maximum atomic E-state index is 11.3. The van der Waals surface area contributed by atoms with Gasteiger partial charge in [-0.15, -0.1) is 0 Å². The first-order valence-electron chi connectivity index (χ1n) is 5.46. The van der Waals surface area contributed by atoms with Crippen molar-refractivity contribution in [3.8, 4) is 0 Å². The van der Waals surface area contributed by atoms with Gasteiger partial charge >= 0.3 is 12.0 Å². The van der Waals surface area contributed by atoms with Gasteiger partial charge in [-0.05, 0) is 12.8 Å². The number of nitrogens with one attached hydrogen (secondary N) is 3. The van der Waals surface area contributed by atoms with Crippen LogP contribution in [0, 0.1) is 5.41 Å². The van der Waals surface area contributed by atoms with E-state index in [0.717, 1.165) is 0 Å². The normalized spacial score (nSPS) is 15.8. The molecule has 96 valence electrons. The standard InChI is InChI=1S/C10H17N3O4/c1-7(14)11-4-5-12-9(17)13-6-10(2-3-10)8(15)16/h2-6H2,1H3,(H,11,14)(H,15,16)(H2,12,13,17). The van der Waals surface area contributed by atoms with Gasteiger partial charge in [0.05, 0.1) is 5.41 Å². The van der Waals surface area contributed by atoms with Crippen LogP contribution >= 0.6 is 0 Å². The minimum Gasteiger partial charge on any atom is -0.481 e. The van der Waals surface area contributed by atoms with Gasteiger partial charge in [-0.1, -0.05) is 0 Å². The first-order chi connectivity index (χ1) is 7.96. The molecule has 0 saturated heterocycles. The number of hydrogen-bond acceptors (Lipinski definition) is 3. The summed E-state index contributed by atoms with van der Waals surface area (Å²) in [4.78, 5) is 32.6. The summed E-state index contributed by atoms with van der Waals surface area (Å²) in [5, 5.41) is 16.4. The van der Waals surface area contributed by atoms with Crippen LogP contribution in [0.25, 0.3) is 0 Å². The van der Waals surface area contributed by atoms with E-state index in [2.05, 4.69) is 16.0 Å². The molecule has 0 aromatic heterocycles. The molecule has 4 N–H and O–H groups in total. The molecule has 7 heteroatoms. The van der Waals surface area contributed by atoms with Gasteiger partial charge in [0.25, 0.3) is 0 Å². The average molecular weight is 243 g/mol. The van der Waals surface area contributed by atoms with Crippen molar-refractivity contribution in [3.63, 3.8) is 0 Å². The summed E-state index contributed by atoms with van der Waals surface area (Å²) in [6.45, 7) is 2.20. The van der Waals surface area contributed by atoms with Gasteiger partial charge in [0.15, 0.2) is 0 Å². The van der Waals surface area contributed by atoms with Gasteiger partial charge in [0.2, 0.25) is 5.91 Å². The van der Waals surface area contributed by atoms with Crippen molar-refractivity contribution in [3.05, 3.63) is 0 Å². The lowest BCUT2D eigenvalue weighted by Gasteiger charge is -2.12. The van der Waals surface area contributed by atoms with Crippen LogP contribution in [0.1, 0.15) is 19.8 Å². The van der Waals surface area contributed by atoms with Crippen LogP contribution in [0.15, 0.2) is 0 Å². The zero-order valence-electron chi connectivity index (χ0n) is 9.71. The molecule has 0 bridgehead atoms. The Bertz CT molecular complexity index is 326. The maximum absolute atomic E-state index is 11.3. The Labute approximate surface area is 98.9 Å². The second-order valence-electron chi connectivity index (χ2n) is 4.18. The Kier molecular flexibility index (Phi) is 4.30. The van der Waals surface area contributed by atoms with Crippen LogP contribution in [-0.4, -0.2) is 42.6 Å². The fraction of sp³-hybridized carbons (Fsp3) is 0.700. The molecule has 1 saturated carbocycles. The van der Waals surface area contributed by atoms with Crippen molar-refractivity contribution in [2.75, 3.05) is 19.6 Å². The van der Waals surface area contributed by atoms with Crippen LogP contribution in [0.3, 0.4) is 0 Å². The fourth-order valence-corrected chi connectivity index (χ4v) is 1.34. The monoisotopic (exact) mass is 243 g/mol. The van der Waals surface area contributed by atoms with E-state index in [9.17, 15) is 14.4 Å². The molecule has 0 spiro atoms. The molecular formula is C10H17N3O4. The van der Waals surface area contributed by atoms with Gasteiger partial charge in [-0.2, -0.15) is 0 Å². The second-order valence-corrected chi connectivity index (χ2v) is 4.18. The van der Waals surface area contributed by atoms with Gasteiger partial charge in [-0.3, -0.25) is 9.59 Å². The zero-order valence-corrected chi connectivity index (χ0v) is 9.71. The minimum absolute atomic E-state index is 0.147. The minimum atomic E-state index is -0.865. The molecule has 0 atom stereocenters. The molecule has 3 amide bonds. The third-order valence-corrected chi connectivity index (χ3v) is 2.68. The lowest BCUT2D eigenvalue weighted by atomic mass is 10.1. The average Bonchev–Trinajstić information content (AvgIpc) is 3.02. The zero-order chi connectivity index (χ0) is 12.9. The van der Waals surface area contributed by atoms with Crippen molar-refractivity contribution in [2.45, 2.75) is 19.8 Å². The topological polar surface area (TPSA) is 108 Å². The number of aliphatic carboxylic acids is 1. The van der Waals surface area contributed by atoms with Crippen molar-refractivity contribution >= 4 is 17.9 Å². The Morgan fingerprint density at radius 1 is 1.12 bits per heavy atom. The van der Waals surface area contributed by atoms with E-state index in [1.807, 2.05) is 0 Å². The highest BCUT2D eigenvalue weighted by Gasteiger charge is 2.50. The summed E-state index contributed by atoms with van der Waals surface area (Å²) in [5.41, 5.74) is -0.755. The molecule has 7 nitrogen and oxygen atoms in total. The predicted octanol–water partition coefficient (Wildman–Crippen LogP) is -0.713. The molecule has 17 heavy (non-hydrogen) atoms. The second kappa shape index (κ2) is 5.51. The van der Waals surface area contributed by atoms with Gasteiger partial charge in [0.1, 0.15) is 0 Å². The molecule has 0 aromatic rings. The molecule has 1 rings (SSSR count). The van der Waals surface area contributed by atoms with Crippen molar-refractivity contribution in [2.24, 2.45) is 5.41 Å². The number of carboxylic acid groups (broad SMARTS) is 1. The van der Waals surface area contributed by atoms with E-state index >= 15 is 0 Å². The van der Waals surface area contributed by atoms with Gasteiger partial charge in [0, 0.05) is 26.6 Å². The Morgan fingerprint density at radius 3 is 2.18 bits per heavy atom. The van der Waals surface area contributed by atoms with Crippen LogP contribution in [0.5, 0.6) is 0 Å². The van der Waals surface area contributed by atoms with Crippen LogP contribution in [0.2, 0.25) is 0 Å². The highest BCUT2D eigenvalue weighted by molar-refractivity contribution is 5.80. The van der Waals surface area contributed by atoms with Crippen LogP contribution in [-0.2, 0) is 9.59 Å². The summed E-state index contributed by atoms with van der Waals surface area (Å²) in [6.07, 6.45) is 1.21. The summed E-state index contributed by atoms with van der Waals surface area (Å²) in [7, 11) is 0. The Hall–Kier alpha value is -1.79. The molecule has 1 aliphatic rings. The van der Waals surface area contributed by atoms with E-state index in [-0.39, 0.29) is 12.5 Å². The largest absolute Gasteiger partial charge is 0.481 e. The number of urea groups is 1. The molecule has 0 radical (unpaired) electrons. The number of rotatable bonds is 6. The molecule has 0 aromatic carbocycles. The van der Waals surface area contributed by atoms with Gasteiger partial charge in [-0.25, -0.2) is 4.79 Å². The SMILES string of the molecule is CC(=O)NCCNC(=O)NCC1(C(=O)O)CC1. The smallest absolute Gasteiger partial charge is 0.314 e. The lowest BCUT2D eigenvalue weighted by molar-refractivity contribution is -0.143. The first kappa shape index (κ1) is 13.3. The fourth-order valence-electron chi connectivity index (χ4n) is 1.34. The van der Waals surface area contributed by atoms with Gasteiger partial charge < -0.3 is 21.1 Å². The van der Waals surface area contributed by atoms with E-state index in [4.69, 9.17) is 5.11 Å². The third kappa shape index (κ3) is 4.29. The molecule has 1 aliphatic carbocycles. The van der Waals surface area contributed by atoms with Crippen LogP contribution < -0.4 is 16.0 Å². The molecule has 0 heterocycles. The molecular weight excluding hydrogens is 226 g/mol. The first-order valence-corrected chi connectivity index (χ1v) is 5.46. The number of carboxylic acids is 1. The summed E-state index contributed by atoms with van der Waals surface area (Å²) in [5.74, 6) is -1.02.